The second kappa shape index (κ2) is 6.18. The predicted octanol–water partition coefficient (Wildman–Crippen LogP) is 0.116. The maximum atomic E-state index is 11.3. The van der Waals surface area contributed by atoms with Crippen molar-refractivity contribution in [3.8, 4) is 0 Å². The number of allylic oxidation sites excluding steroid dienone is 1. The number of hydrogen-bond acceptors (Lipinski definition) is 2. The second-order valence-corrected chi connectivity index (χ2v) is 4.89. The van der Waals surface area contributed by atoms with Gasteiger partial charge in [-0.3, -0.25) is 0 Å². The number of aromatic nitrogens is 1. The largest absolute Gasteiger partial charge is 0.875 e. The summed E-state index contributed by atoms with van der Waals surface area (Å²) in [5.74, 6) is 0.707. The van der Waals surface area contributed by atoms with E-state index < -0.39 is 0 Å². The zero-order chi connectivity index (χ0) is 15.4. The lowest BCUT2D eigenvalue weighted by Gasteiger charge is -2.03. The Morgan fingerprint density at radius 3 is 2.36 bits per heavy atom. The van der Waals surface area contributed by atoms with Gasteiger partial charge >= 0.3 is 0 Å². The van der Waals surface area contributed by atoms with E-state index in [1.54, 1.807) is 17.8 Å². The summed E-state index contributed by atoms with van der Waals surface area (Å²) in [6.07, 6.45) is 9.34. The van der Waals surface area contributed by atoms with Crippen LogP contribution in [0.3, 0.4) is 0 Å². The van der Waals surface area contributed by atoms with Gasteiger partial charge in [-0.1, -0.05) is 41.9 Å². The van der Waals surface area contributed by atoms with Crippen LogP contribution in [0.15, 0.2) is 77.1 Å². The summed E-state index contributed by atoms with van der Waals surface area (Å²) < 4.78 is 1.71. The topological polar surface area (TPSA) is 51.7 Å². The zero-order valence-corrected chi connectivity index (χ0v) is 12.2. The number of pyridine rings is 1. The van der Waals surface area contributed by atoms with Gasteiger partial charge in [0.2, 0.25) is 18.2 Å². The molecule has 4 heteroatoms. The summed E-state index contributed by atoms with van der Waals surface area (Å²) in [6, 6.07) is 13.3. The molecule has 0 N–H and O–H groups in total. The van der Waals surface area contributed by atoms with E-state index in [1.807, 2.05) is 67.0 Å². The number of dihydropyridines is 1. The van der Waals surface area contributed by atoms with E-state index in [2.05, 4.69) is 10.1 Å². The third-order valence-corrected chi connectivity index (χ3v) is 3.29. The zero-order valence-electron chi connectivity index (χ0n) is 12.2. The molecule has 22 heavy (non-hydrogen) atoms. The number of nitrogens with zero attached hydrogens (tertiary/aromatic N) is 3. The quantitative estimate of drug-likeness (QED) is 0.688. The monoisotopic (exact) mass is 289 g/mol. The van der Waals surface area contributed by atoms with Crippen molar-refractivity contribution < 1.29 is 9.78 Å². The lowest BCUT2D eigenvalue weighted by Crippen LogP contribution is -2.27. The lowest BCUT2D eigenvalue weighted by molar-refractivity contribution is -0.678. The van der Waals surface area contributed by atoms with Crippen LogP contribution in [-0.4, -0.2) is 12.1 Å². The number of aliphatic imine (C=N–C) groups is 1. The standard InChI is InChI=1S/C18H15N3O/c1-14(22)15-5-7-16(8-6-15)17-9-10-18(19-13-17)20-21-11-3-2-4-12-21/h2-13H,1H3. The fraction of sp³-hybridized carbons (Fsp3) is 0.0556. The molecular weight excluding hydrogens is 274 g/mol. The van der Waals surface area contributed by atoms with Crippen LogP contribution < -0.4 is 20.2 Å². The molecule has 108 valence electrons. The number of rotatable bonds is 1. The number of amidine groups is 1. The Hall–Kier alpha value is -3.01. The van der Waals surface area contributed by atoms with Crippen LogP contribution in [0.1, 0.15) is 6.92 Å². The molecule has 1 aliphatic rings. The Bertz CT molecular complexity index is 848. The van der Waals surface area contributed by atoms with E-state index in [4.69, 9.17) is 0 Å². The second-order valence-electron chi connectivity index (χ2n) is 4.89. The number of hydrogen-bond donors (Lipinski definition) is 0. The molecule has 0 fully saturated rings. The van der Waals surface area contributed by atoms with Crippen LogP contribution in [-0.2, 0) is 0 Å². The lowest BCUT2D eigenvalue weighted by atomic mass is 10.1. The first kappa shape index (κ1) is 13.9. The minimum Gasteiger partial charge on any atom is -0.875 e. The van der Waals surface area contributed by atoms with Crippen molar-refractivity contribution in [3.63, 3.8) is 0 Å². The van der Waals surface area contributed by atoms with Crippen LogP contribution in [0.4, 0.5) is 0 Å². The van der Waals surface area contributed by atoms with Crippen LogP contribution in [0.25, 0.3) is 11.3 Å². The molecule has 0 radical (unpaired) electrons. The molecule has 0 unspecified atom stereocenters. The van der Waals surface area contributed by atoms with E-state index in [1.165, 1.54) is 0 Å². The van der Waals surface area contributed by atoms with E-state index in [-0.39, 0.29) is 5.76 Å². The Morgan fingerprint density at radius 1 is 1.05 bits per heavy atom. The highest BCUT2D eigenvalue weighted by Crippen LogP contribution is 2.00. The highest BCUT2D eigenvalue weighted by Gasteiger charge is 2.03. The average molecular weight is 289 g/mol. The Balaban J connectivity index is 1.91. The molecule has 0 saturated heterocycles. The summed E-state index contributed by atoms with van der Waals surface area (Å²) in [4.78, 5) is 4.35. The average Bonchev–Trinajstić information content (AvgIpc) is 2.57. The van der Waals surface area contributed by atoms with Gasteiger partial charge in [0.1, 0.15) is 0 Å². The molecule has 0 spiro atoms. The molecule has 0 amide bonds. The molecule has 4 nitrogen and oxygen atoms in total. The fourth-order valence-electron chi connectivity index (χ4n) is 2.09. The first-order chi connectivity index (χ1) is 10.7. The summed E-state index contributed by atoms with van der Waals surface area (Å²) >= 11 is 0. The first-order valence-corrected chi connectivity index (χ1v) is 6.98. The van der Waals surface area contributed by atoms with Crippen molar-refractivity contribution in [1.82, 2.24) is 0 Å². The van der Waals surface area contributed by atoms with Gasteiger partial charge in [-0.15, -0.1) is 5.76 Å². The van der Waals surface area contributed by atoms with Crippen molar-refractivity contribution >= 4 is 23.4 Å². The van der Waals surface area contributed by atoms with Gasteiger partial charge in [0.25, 0.3) is 0 Å². The van der Waals surface area contributed by atoms with Gasteiger partial charge < -0.3 is 5.11 Å². The van der Waals surface area contributed by atoms with Crippen molar-refractivity contribution in [2.24, 2.45) is 10.1 Å². The fourth-order valence-corrected chi connectivity index (χ4v) is 2.09. The Morgan fingerprint density at radius 2 is 1.77 bits per heavy atom. The van der Waals surface area contributed by atoms with Gasteiger partial charge in [0.05, 0.1) is 0 Å². The van der Waals surface area contributed by atoms with Crippen molar-refractivity contribution in [3.05, 3.63) is 77.4 Å². The van der Waals surface area contributed by atoms with Crippen LogP contribution in [0.2, 0.25) is 0 Å². The molecule has 0 aliphatic carbocycles. The molecule has 3 rings (SSSR count). The molecule has 1 aliphatic heterocycles. The molecule has 0 saturated carbocycles. The molecule has 1 aromatic heterocycles. The van der Waals surface area contributed by atoms with E-state index in [9.17, 15) is 5.11 Å². The normalized spacial score (nSPS) is 15.3. The highest BCUT2D eigenvalue weighted by molar-refractivity contribution is 6.17. The molecule has 2 aromatic rings. The minimum absolute atomic E-state index is 0.0682. The van der Waals surface area contributed by atoms with Gasteiger partial charge in [-0.05, 0) is 22.6 Å². The number of benzene rings is 1. The first-order valence-electron chi connectivity index (χ1n) is 6.98. The molecule has 0 bridgehead atoms. The third kappa shape index (κ3) is 3.17. The summed E-state index contributed by atoms with van der Waals surface area (Å²) in [7, 11) is 0. The SMILES string of the molecule is CC([O-])=c1ccc(=C2C=C/C(=N/[n+]3ccccc3)N=C2)cc1. The minimum atomic E-state index is 0.0682. The Labute approximate surface area is 128 Å². The van der Waals surface area contributed by atoms with E-state index >= 15 is 0 Å². The highest BCUT2D eigenvalue weighted by atomic mass is 16.3. The van der Waals surface area contributed by atoms with Crippen molar-refractivity contribution in [1.29, 1.82) is 0 Å². The van der Waals surface area contributed by atoms with E-state index in [0.29, 0.717) is 11.1 Å². The summed E-state index contributed by atoms with van der Waals surface area (Å²) in [5.41, 5.74) is 0.993. The van der Waals surface area contributed by atoms with E-state index in [0.717, 1.165) is 10.8 Å². The van der Waals surface area contributed by atoms with Gasteiger partial charge in [0, 0.05) is 29.0 Å². The van der Waals surface area contributed by atoms with Crippen molar-refractivity contribution in [2.45, 2.75) is 6.92 Å². The Kier molecular flexibility index (Phi) is 3.92. The van der Waals surface area contributed by atoms with Crippen molar-refractivity contribution in [2.75, 3.05) is 0 Å². The van der Waals surface area contributed by atoms with Crippen LogP contribution >= 0.6 is 0 Å². The molecule has 2 heterocycles. The molecular formula is C18H15N3O. The maximum Gasteiger partial charge on any atom is 0.220 e. The molecule has 0 atom stereocenters. The molecule has 1 aromatic carbocycles. The van der Waals surface area contributed by atoms with Gasteiger partial charge in [-0.25, -0.2) is 4.99 Å². The summed E-state index contributed by atoms with van der Waals surface area (Å²) in [6.45, 7) is 1.56. The van der Waals surface area contributed by atoms with Crippen LogP contribution in [0, 0.1) is 0 Å². The third-order valence-electron chi connectivity index (χ3n) is 3.29. The van der Waals surface area contributed by atoms with Gasteiger partial charge in [0.15, 0.2) is 0 Å². The van der Waals surface area contributed by atoms with Gasteiger partial charge in [-0.2, -0.15) is 0 Å². The smallest absolute Gasteiger partial charge is 0.220 e. The van der Waals surface area contributed by atoms with Crippen LogP contribution in [0.5, 0.6) is 0 Å². The predicted molar refractivity (Wildman–Crippen MR) is 85.3 cm³/mol. The maximum absolute atomic E-state index is 11.3. The summed E-state index contributed by atoms with van der Waals surface area (Å²) in [5, 5.41) is 17.4.